The zero-order valence-corrected chi connectivity index (χ0v) is 12.0. The third-order valence-electron chi connectivity index (χ3n) is 2.76. The number of carbonyl (C=O) groups excluding carboxylic acids is 1. The number of carbonyl (C=O) groups is 1. The summed E-state index contributed by atoms with van der Waals surface area (Å²) in [5, 5.41) is 9.19. The van der Waals surface area contributed by atoms with E-state index in [1.807, 2.05) is 69.0 Å². The van der Waals surface area contributed by atoms with Crippen molar-refractivity contribution in [3.05, 3.63) is 42.1 Å². The second-order valence-corrected chi connectivity index (χ2v) is 5.36. The smallest absolute Gasteiger partial charge is 0.180 e. The molecule has 0 aliphatic carbocycles. The normalized spacial score (nSPS) is 11.8. The van der Waals surface area contributed by atoms with Crippen LogP contribution in [0.1, 0.15) is 27.7 Å². The van der Waals surface area contributed by atoms with Crippen molar-refractivity contribution in [2.75, 3.05) is 11.4 Å². The maximum atomic E-state index is 12.2. The standard InChI is InChI=1S/C16H20N2O/c1-5-18(14-9-7-6-8-10-14)12-13(11-17)15(19)16(2,3)4/h6-10,12H,5H2,1-4H3/b13-12+. The van der Waals surface area contributed by atoms with Gasteiger partial charge in [-0.3, -0.25) is 4.79 Å². The summed E-state index contributed by atoms with van der Waals surface area (Å²) in [5.41, 5.74) is 0.621. The molecular weight excluding hydrogens is 236 g/mol. The Balaban J connectivity index is 3.10. The SMILES string of the molecule is CCN(/C=C(\C#N)C(=O)C(C)(C)C)c1ccccc1. The first-order chi connectivity index (χ1) is 8.90. The van der Waals surface area contributed by atoms with Gasteiger partial charge in [0, 0.05) is 23.8 Å². The van der Waals surface area contributed by atoms with E-state index in [-0.39, 0.29) is 11.4 Å². The summed E-state index contributed by atoms with van der Waals surface area (Å²) in [6, 6.07) is 11.7. The first-order valence-electron chi connectivity index (χ1n) is 6.38. The summed E-state index contributed by atoms with van der Waals surface area (Å²) in [6.45, 7) is 8.14. The van der Waals surface area contributed by atoms with Crippen LogP contribution in [0.2, 0.25) is 0 Å². The van der Waals surface area contributed by atoms with E-state index in [1.54, 1.807) is 6.20 Å². The molecule has 0 aromatic heterocycles. The van der Waals surface area contributed by atoms with Crippen molar-refractivity contribution < 1.29 is 4.79 Å². The first kappa shape index (κ1) is 15.0. The van der Waals surface area contributed by atoms with Crippen molar-refractivity contribution in [1.29, 1.82) is 5.26 Å². The molecule has 0 unspecified atom stereocenters. The highest BCUT2D eigenvalue weighted by molar-refractivity contribution is 6.02. The zero-order chi connectivity index (χ0) is 14.5. The number of para-hydroxylation sites is 1. The van der Waals surface area contributed by atoms with Gasteiger partial charge in [0.1, 0.15) is 11.6 Å². The molecule has 0 fully saturated rings. The van der Waals surface area contributed by atoms with E-state index < -0.39 is 5.41 Å². The van der Waals surface area contributed by atoms with Crippen LogP contribution in [0.15, 0.2) is 42.1 Å². The third-order valence-corrected chi connectivity index (χ3v) is 2.76. The average molecular weight is 256 g/mol. The van der Waals surface area contributed by atoms with Crippen molar-refractivity contribution in [3.63, 3.8) is 0 Å². The Bertz CT molecular complexity index is 504. The molecule has 0 spiro atoms. The minimum atomic E-state index is -0.544. The van der Waals surface area contributed by atoms with Crippen molar-refractivity contribution in [2.45, 2.75) is 27.7 Å². The van der Waals surface area contributed by atoms with Gasteiger partial charge in [0.15, 0.2) is 5.78 Å². The van der Waals surface area contributed by atoms with Crippen LogP contribution < -0.4 is 4.90 Å². The molecule has 0 radical (unpaired) electrons. The van der Waals surface area contributed by atoms with Gasteiger partial charge in [-0.05, 0) is 19.1 Å². The Morgan fingerprint density at radius 3 is 2.32 bits per heavy atom. The van der Waals surface area contributed by atoms with E-state index >= 15 is 0 Å². The molecule has 3 heteroatoms. The van der Waals surface area contributed by atoms with Gasteiger partial charge in [0.05, 0.1) is 0 Å². The summed E-state index contributed by atoms with van der Waals surface area (Å²) < 4.78 is 0. The molecule has 3 nitrogen and oxygen atoms in total. The molecule has 0 amide bonds. The molecule has 0 aliphatic heterocycles. The van der Waals surface area contributed by atoms with Crippen LogP contribution in [0.5, 0.6) is 0 Å². The van der Waals surface area contributed by atoms with Gasteiger partial charge < -0.3 is 4.90 Å². The Labute approximate surface area is 115 Å². The first-order valence-corrected chi connectivity index (χ1v) is 6.38. The van der Waals surface area contributed by atoms with Crippen LogP contribution in [-0.4, -0.2) is 12.3 Å². The van der Waals surface area contributed by atoms with Crippen LogP contribution in [-0.2, 0) is 4.79 Å². The lowest BCUT2D eigenvalue weighted by Crippen LogP contribution is -2.24. The highest BCUT2D eigenvalue weighted by Gasteiger charge is 2.25. The Hall–Kier alpha value is -2.08. The molecule has 0 bridgehead atoms. The van der Waals surface area contributed by atoms with E-state index in [9.17, 15) is 10.1 Å². The fourth-order valence-electron chi connectivity index (χ4n) is 1.67. The van der Waals surface area contributed by atoms with Crippen molar-refractivity contribution >= 4 is 11.5 Å². The minimum Gasteiger partial charge on any atom is -0.347 e. The van der Waals surface area contributed by atoms with Gasteiger partial charge in [-0.1, -0.05) is 39.0 Å². The van der Waals surface area contributed by atoms with Crippen molar-refractivity contribution in [1.82, 2.24) is 0 Å². The van der Waals surface area contributed by atoms with Crippen LogP contribution in [0, 0.1) is 16.7 Å². The fourth-order valence-corrected chi connectivity index (χ4v) is 1.67. The monoisotopic (exact) mass is 256 g/mol. The number of benzene rings is 1. The molecule has 19 heavy (non-hydrogen) atoms. The molecule has 0 heterocycles. The number of anilines is 1. The molecular formula is C16H20N2O. The molecule has 1 aromatic carbocycles. The maximum Gasteiger partial charge on any atom is 0.180 e. The molecule has 0 atom stereocenters. The fraction of sp³-hybridized carbons (Fsp3) is 0.375. The predicted octanol–water partition coefficient (Wildman–Crippen LogP) is 3.54. The van der Waals surface area contributed by atoms with E-state index in [2.05, 4.69) is 0 Å². The van der Waals surface area contributed by atoms with Crippen LogP contribution in [0.4, 0.5) is 5.69 Å². The second-order valence-electron chi connectivity index (χ2n) is 5.36. The largest absolute Gasteiger partial charge is 0.347 e. The van der Waals surface area contributed by atoms with E-state index in [4.69, 9.17) is 0 Å². The van der Waals surface area contributed by atoms with E-state index in [0.717, 1.165) is 5.69 Å². The Morgan fingerprint density at radius 1 is 1.32 bits per heavy atom. The molecule has 0 saturated carbocycles. The van der Waals surface area contributed by atoms with Gasteiger partial charge in [-0.2, -0.15) is 5.26 Å². The lowest BCUT2D eigenvalue weighted by Gasteiger charge is -2.21. The summed E-state index contributed by atoms with van der Waals surface area (Å²) >= 11 is 0. The van der Waals surface area contributed by atoms with Crippen LogP contribution >= 0.6 is 0 Å². The maximum absolute atomic E-state index is 12.2. The number of hydrogen-bond acceptors (Lipinski definition) is 3. The number of Topliss-reactive ketones (excluding diaryl/α,β-unsaturated/α-hetero) is 1. The molecule has 0 N–H and O–H groups in total. The van der Waals surface area contributed by atoms with Crippen LogP contribution in [0.25, 0.3) is 0 Å². The second kappa shape index (κ2) is 6.19. The molecule has 1 aromatic rings. The highest BCUT2D eigenvalue weighted by atomic mass is 16.1. The molecule has 100 valence electrons. The lowest BCUT2D eigenvalue weighted by molar-refractivity contribution is -0.122. The molecule has 0 aliphatic rings. The summed E-state index contributed by atoms with van der Waals surface area (Å²) in [6.07, 6.45) is 1.64. The summed E-state index contributed by atoms with van der Waals surface area (Å²) in [7, 11) is 0. The van der Waals surface area contributed by atoms with E-state index in [1.165, 1.54) is 0 Å². The third kappa shape index (κ3) is 3.96. The Morgan fingerprint density at radius 2 is 1.89 bits per heavy atom. The average Bonchev–Trinajstić information content (AvgIpc) is 2.39. The van der Waals surface area contributed by atoms with Gasteiger partial charge in [-0.25, -0.2) is 0 Å². The van der Waals surface area contributed by atoms with Gasteiger partial charge in [-0.15, -0.1) is 0 Å². The van der Waals surface area contributed by atoms with Crippen LogP contribution in [0.3, 0.4) is 0 Å². The minimum absolute atomic E-state index is 0.135. The predicted molar refractivity (Wildman–Crippen MR) is 77.6 cm³/mol. The lowest BCUT2D eigenvalue weighted by atomic mass is 9.87. The quantitative estimate of drug-likeness (QED) is 0.611. The number of rotatable bonds is 4. The molecule has 1 rings (SSSR count). The number of allylic oxidation sites excluding steroid dienone is 1. The van der Waals surface area contributed by atoms with Gasteiger partial charge in [0.25, 0.3) is 0 Å². The van der Waals surface area contributed by atoms with Gasteiger partial charge >= 0.3 is 0 Å². The molecule has 0 saturated heterocycles. The van der Waals surface area contributed by atoms with Crippen molar-refractivity contribution in [2.24, 2.45) is 5.41 Å². The number of ketones is 1. The zero-order valence-electron chi connectivity index (χ0n) is 12.0. The highest BCUT2D eigenvalue weighted by Crippen LogP contribution is 2.21. The summed E-state index contributed by atoms with van der Waals surface area (Å²) in [4.78, 5) is 14.1. The number of nitriles is 1. The van der Waals surface area contributed by atoms with Gasteiger partial charge in [0.2, 0.25) is 0 Å². The summed E-state index contributed by atoms with van der Waals surface area (Å²) in [5.74, 6) is -0.135. The topological polar surface area (TPSA) is 44.1 Å². The Kier molecular flexibility index (Phi) is 4.88. The van der Waals surface area contributed by atoms with E-state index in [0.29, 0.717) is 6.54 Å². The number of hydrogen-bond donors (Lipinski definition) is 0. The number of nitrogens with zero attached hydrogens (tertiary/aromatic N) is 2. The van der Waals surface area contributed by atoms with Crippen molar-refractivity contribution in [3.8, 4) is 6.07 Å².